The van der Waals surface area contributed by atoms with E-state index >= 15 is 0 Å². The number of nitrogens with zero attached hydrogens (tertiary/aromatic N) is 1. The second-order valence-corrected chi connectivity index (χ2v) is 6.30. The van der Waals surface area contributed by atoms with Crippen LogP contribution in [0, 0.1) is 16.7 Å². The van der Waals surface area contributed by atoms with E-state index in [0.29, 0.717) is 4.90 Å². The van der Waals surface area contributed by atoms with Crippen molar-refractivity contribution in [3.63, 3.8) is 0 Å². The van der Waals surface area contributed by atoms with Gasteiger partial charge in [-0.3, -0.25) is 9.59 Å². The van der Waals surface area contributed by atoms with Crippen LogP contribution in [0.3, 0.4) is 0 Å². The summed E-state index contributed by atoms with van der Waals surface area (Å²) >= 11 is 0. The molecule has 2 unspecified atom stereocenters. The number of aliphatic carboxylic acids is 1. The van der Waals surface area contributed by atoms with Gasteiger partial charge in [-0.1, -0.05) is 27.7 Å². The van der Waals surface area contributed by atoms with Gasteiger partial charge in [-0.2, -0.15) is 0 Å². The molecule has 6 nitrogen and oxygen atoms in total. The summed E-state index contributed by atoms with van der Waals surface area (Å²) in [5.41, 5.74) is -1.45. The van der Waals surface area contributed by atoms with Crippen LogP contribution in [-0.2, 0) is 9.59 Å². The largest absolute Gasteiger partial charge is 0.481 e. The van der Waals surface area contributed by atoms with E-state index in [1.165, 1.54) is 0 Å². The molecule has 1 rings (SSSR count). The maximum Gasteiger partial charge on any atom is 0.414 e. The van der Waals surface area contributed by atoms with Crippen LogP contribution in [0.5, 0.6) is 0 Å². The van der Waals surface area contributed by atoms with Crippen molar-refractivity contribution < 1.29 is 24.6 Å². The van der Waals surface area contributed by atoms with Crippen molar-refractivity contribution in [1.82, 2.24) is 4.90 Å². The molecule has 2 N–H and O–H groups in total. The van der Waals surface area contributed by atoms with Gasteiger partial charge in [0.25, 0.3) is 0 Å². The van der Waals surface area contributed by atoms with Crippen LogP contribution < -0.4 is 0 Å². The second-order valence-electron chi connectivity index (χ2n) is 6.30. The topological polar surface area (TPSA) is 94.9 Å². The minimum Gasteiger partial charge on any atom is -0.481 e. The van der Waals surface area contributed by atoms with Crippen LogP contribution in [0.4, 0.5) is 4.79 Å². The molecule has 1 heterocycles. The minimum absolute atomic E-state index is 0.0547. The molecule has 0 bridgehead atoms. The van der Waals surface area contributed by atoms with Crippen molar-refractivity contribution in [2.75, 3.05) is 6.54 Å². The summed E-state index contributed by atoms with van der Waals surface area (Å²) in [5, 5.41) is 18.4. The average molecular weight is 271 g/mol. The van der Waals surface area contributed by atoms with E-state index in [2.05, 4.69) is 0 Å². The third-order valence-corrected chi connectivity index (χ3v) is 4.33. The number of hydrogen-bond acceptors (Lipinski definition) is 3. The van der Waals surface area contributed by atoms with Crippen LogP contribution in [0.25, 0.3) is 0 Å². The zero-order valence-corrected chi connectivity index (χ0v) is 11.8. The van der Waals surface area contributed by atoms with E-state index in [1.807, 2.05) is 27.7 Å². The molecule has 0 aliphatic carbocycles. The van der Waals surface area contributed by atoms with E-state index in [0.717, 1.165) is 0 Å². The summed E-state index contributed by atoms with van der Waals surface area (Å²) in [6.45, 7) is 7.54. The summed E-state index contributed by atoms with van der Waals surface area (Å²) in [4.78, 5) is 35.1. The Morgan fingerprint density at radius 2 is 1.84 bits per heavy atom. The van der Waals surface area contributed by atoms with Gasteiger partial charge in [-0.15, -0.1) is 0 Å². The van der Waals surface area contributed by atoms with Gasteiger partial charge in [0.2, 0.25) is 5.91 Å². The van der Waals surface area contributed by atoms with Gasteiger partial charge in [-0.25, -0.2) is 9.69 Å². The first-order chi connectivity index (χ1) is 8.52. The van der Waals surface area contributed by atoms with Gasteiger partial charge >= 0.3 is 12.1 Å². The molecule has 0 spiro atoms. The van der Waals surface area contributed by atoms with Crippen molar-refractivity contribution >= 4 is 18.0 Å². The molecule has 0 aromatic heterocycles. The fourth-order valence-electron chi connectivity index (χ4n) is 2.66. The number of imide groups is 1. The average Bonchev–Trinajstić information content (AvgIpc) is 2.25. The minimum atomic E-state index is -1.31. The number of piperidine rings is 1. The maximum atomic E-state index is 11.9. The summed E-state index contributed by atoms with van der Waals surface area (Å²) in [6, 6.07) is 0. The number of carbonyl (C=O) groups is 3. The number of likely N-dealkylation sites (tertiary alicyclic amines) is 1. The first kappa shape index (κ1) is 15.5. The zero-order valence-electron chi connectivity index (χ0n) is 11.8. The summed E-state index contributed by atoms with van der Waals surface area (Å²) in [7, 11) is 0. The lowest BCUT2D eigenvalue weighted by molar-refractivity contribution is -0.165. The van der Waals surface area contributed by atoms with Crippen LogP contribution >= 0.6 is 0 Å². The number of rotatable bonds is 2. The molecule has 1 aliphatic heterocycles. The van der Waals surface area contributed by atoms with Crippen LogP contribution in [0.15, 0.2) is 0 Å². The van der Waals surface area contributed by atoms with Gasteiger partial charge in [-0.05, 0) is 17.8 Å². The predicted octanol–water partition coefficient (Wildman–Crippen LogP) is 2.04. The highest BCUT2D eigenvalue weighted by atomic mass is 16.4. The number of carboxylic acid groups (broad SMARTS) is 2. The first-order valence-electron chi connectivity index (χ1n) is 6.29. The third-order valence-electron chi connectivity index (χ3n) is 4.33. The first-order valence-corrected chi connectivity index (χ1v) is 6.29. The Kier molecular flexibility index (Phi) is 3.93. The van der Waals surface area contributed by atoms with E-state index in [4.69, 9.17) is 5.11 Å². The summed E-state index contributed by atoms with van der Waals surface area (Å²) < 4.78 is 0. The van der Waals surface area contributed by atoms with Crippen molar-refractivity contribution in [3.05, 3.63) is 0 Å². The Hall–Kier alpha value is -1.59. The molecule has 1 fully saturated rings. The van der Waals surface area contributed by atoms with Crippen molar-refractivity contribution in [2.24, 2.45) is 16.7 Å². The van der Waals surface area contributed by atoms with E-state index in [1.54, 1.807) is 0 Å². The monoisotopic (exact) mass is 271 g/mol. The molecule has 0 aromatic rings. The Morgan fingerprint density at radius 1 is 1.32 bits per heavy atom. The van der Waals surface area contributed by atoms with Crippen molar-refractivity contribution in [2.45, 2.75) is 40.5 Å². The normalized spacial score (nSPS) is 26.1. The maximum absolute atomic E-state index is 11.9. The Balaban J connectivity index is 3.09. The lowest BCUT2D eigenvalue weighted by Crippen LogP contribution is -2.54. The molecule has 19 heavy (non-hydrogen) atoms. The highest BCUT2D eigenvalue weighted by Crippen LogP contribution is 2.47. The predicted molar refractivity (Wildman–Crippen MR) is 67.7 cm³/mol. The summed E-state index contributed by atoms with van der Waals surface area (Å²) in [6.07, 6.45) is -1.40. The smallest absolute Gasteiger partial charge is 0.414 e. The number of hydrogen-bond donors (Lipinski definition) is 2. The van der Waals surface area contributed by atoms with Crippen molar-refractivity contribution in [3.8, 4) is 0 Å². The lowest BCUT2D eigenvalue weighted by atomic mass is 9.60. The number of carbonyl (C=O) groups excluding carboxylic acids is 1. The zero-order chi connectivity index (χ0) is 15.0. The van der Waals surface area contributed by atoms with E-state index in [9.17, 15) is 19.5 Å². The van der Waals surface area contributed by atoms with Gasteiger partial charge in [0, 0.05) is 13.0 Å². The Labute approximate surface area is 112 Å². The highest BCUT2D eigenvalue weighted by Gasteiger charge is 2.53. The lowest BCUT2D eigenvalue weighted by Gasteiger charge is -2.45. The molecule has 0 saturated carbocycles. The molecule has 0 aromatic carbocycles. The van der Waals surface area contributed by atoms with E-state index in [-0.39, 0.29) is 30.7 Å². The van der Waals surface area contributed by atoms with E-state index < -0.39 is 23.4 Å². The Bertz CT molecular complexity index is 412. The fourth-order valence-corrected chi connectivity index (χ4v) is 2.66. The van der Waals surface area contributed by atoms with Gasteiger partial charge in [0.15, 0.2) is 0 Å². The molecular weight excluding hydrogens is 250 g/mol. The van der Waals surface area contributed by atoms with Crippen LogP contribution in [0.1, 0.15) is 40.5 Å². The van der Waals surface area contributed by atoms with Crippen LogP contribution in [0.2, 0.25) is 0 Å². The molecule has 108 valence electrons. The molecule has 1 saturated heterocycles. The van der Waals surface area contributed by atoms with Gasteiger partial charge < -0.3 is 10.2 Å². The SMILES string of the molecule is CC(C(C)(C)C)C1(C(=O)O)CCN(C(=O)O)C(=O)C1. The molecule has 2 amide bonds. The van der Waals surface area contributed by atoms with Crippen LogP contribution in [-0.4, -0.2) is 39.6 Å². The molecule has 6 heteroatoms. The van der Waals surface area contributed by atoms with Crippen molar-refractivity contribution in [1.29, 1.82) is 0 Å². The number of carboxylic acids is 1. The highest BCUT2D eigenvalue weighted by molar-refractivity contribution is 5.95. The quantitative estimate of drug-likeness (QED) is 0.801. The third kappa shape index (κ3) is 2.72. The molecular formula is C13H21NO5. The van der Waals surface area contributed by atoms with Gasteiger partial charge in [0.05, 0.1) is 5.41 Å². The number of amides is 2. The summed E-state index contributed by atoms with van der Waals surface area (Å²) in [5.74, 6) is -1.89. The standard InChI is InChI=1S/C13H21NO5/c1-8(12(2,3)4)13(10(16)17)5-6-14(11(18)19)9(15)7-13/h8H,5-7H2,1-4H3,(H,16,17)(H,18,19). The fraction of sp³-hybridized carbons (Fsp3) is 0.769. The molecule has 2 atom stereocenters. The second kappa shape index (κ2) is 4.83. The van der Waals surface area contributed by atoms with Gasteiger partial charge in [0.1, 0.15) is 0 Å². The molecule has 1 aliphatic rings. The molecule has 0 radical (unpaired) electrons. The Morgan fingerprint density at radius 3 is 2.16 bits per heavy atom.